The maximum atomic E-state index is 15.1. The van der Waals surface area contributed by atoms with Crippen LogP contribution in [-0.2, 0) is 39.6 Å². The number of carbonyl (C=O) groups is 1. The normalized spacial score (nSPS) is 17.0. The van der Waals surface area contributed by atoms with E-state index in [-0.39, 0.29) is 46.2 Å². The van der Waals surface area contributed by atoms with Gasteiger partial charge in [0.1, 0.15) is 30.6 Å². The Bertz CT molecular complexity index is 3070. The van der Waals surface area contributed by atoms with E-state index in [1.165, 1.54) is 25.6 Å². The molecule has 3 aliphatic heterocycles. The Balaban J connectivity index is 0.000000165. The van der Waals surface area contributed by atoms with E-state index in [0.717, 1.165) is 35.3 Å². The van der Waals surface area contributed by atoms with Crippen LogP contribution in [0.25, 0.3) is 44.5 Å². The number of cyclic esters (lactones) is 1. The van der Waals surface area contributed by atoms with Crippen molar-refractivity contribution in [3.63, 3.8) is 0 Å². The van der Waals surface area contributed by atoms with Gasteiger partial charge in [-0.25, -0.2) is 24.1 Å². The Morgan fingerprint density at radius 2 is 1.77 bits per heavy atom. The molecule has 3 aromatic carbocycles. The van der Waals surface area contributed by atoms with Gasteiger partial charge in [-0.2, -0.15) is 0 Å². The van der Waals surface area contributed by atoms with Crippen molar-refractivity contribution in [3.8, 4) is 34.3 Å². The Labute approximate surface area is 376 Å². The van der Waals surface area contributed by atoms with Gasteiger partial charge < -0.3 is 43.9 Å². The van der Waals surface area contributed by atoms with Crippen LogP contribution in [-0.4, -0.2) is 103 Å². The average molecular weight is 903 g/mol. The van der Waals surface area contributed by atoms with Crippen molar-refractivity contribution in [2.45, 2.75) is 44.7 Å². The van der Waals surface area contributed by atoms with E-state index in [9.17, 15) is 24.9 Å². The number of aromatic hydroxyl groups is 1. The summed E-state index contributed by atoms with van der Waals surface area (Å²) in [5, 5.41) is 41.7. The summed E-state index contributed by atoms with van der Waals surface area (Å²) in [5.41, 5.74) is 4.88. The number of pyridine rings is 2. The Hall–Kier alpha value is -6.63. The first-order valence-electron chi connectivity index (χ1n) is 20.9. The second-order valence-electron chi connectivity index (χ2n) is 16.2. The van der Waals surface area contributed by atoms with E-state index in [0.29, 0.717) is 76.8 Å². The third-order valence-electron chi connectivity index (χ3n) is 12.0. The average Bonchev–Trinajstić information content (AvgIpc) is 3.68. The molecule has 0 radical (unpaired) electrons. The van der Waals surface area contributed by atoms with Crippen LogP contribution in [0.5, 0.6) is 11.6 Å². The van der Waals surface area contributed by atoms with E-state index in [1.54, 1.807) is 41.8 Å². The number of aliphatic hydroxyl groups is 2. The minimum absolute atomic E-state index is 0.0688. The van der Waals surface area contributed by atoms with Crippen LogP contribution in [0.3, 0.4) is 0 Å². The number of halogens is 2. The molecule has 0 unspecified atom stereocenters. The molecular weight excluding hydrogens is 859 g/mol. The first-order chi connectivity index (χ1) is 31.3. The molecule has 334 valence electrons. The largest absolute Gasteiger partial charge is 0.508 e. The number of hydrogen-bond acceptors (Lipinski definition) is 15. The van der Waals surface area contributed by atoms with E-state index < -0.39 is 23.5 Å². The van der Waals surface area contributed by atoms with Gasteiger partial charge in [0.15, 0.2) is 5.60 Å². The molecule has 7 heterocycles. The molecule has 0 amide bonds. The Kier molecular flexibility index (Phi) is 11.7. The van der Waals surface area contributed by atoms with Crippen molar-refractivity contribution in [1.29, 1.82) is 0 Å². The van der Waals surface area contributed by atoms with Crippen LogP contribution >= 0.6 is 11.6 Å². The molecule has 4 aromatic heterocycles. The van der Waals surface area contributed by atoms with E-state index in [2.05, 4.69) is 25.1 Å². The van der Waals surface area contributed by atoms with Crippen molar-refractivity contribution in [2.24, 2.45) is 0 Å². The van der Waals surface area contributed by atoms with Gasteiger partial charge in [-0.15, -0.1) is 10.2 Å². The lowest BCUT2D eigenvalue weighted by atomic mass is 9.86. The number of hydrogen-bond donors (Lipinski definition) is 3. The number of carbonyl (C=O) groups excluding carboxylic acids is 1. The molecule has 7 aromatic rings. The fourth-order valence-corrected chi connectivity index (χ4v) is 8.82. The molecule has 2 atom stereocenters. The predicted octanol–water partition coefficient (Wildman–Crippen LogP) is 5.65. The van der Waals surface area contributed by atoms with Crippen molar-refractivity contribution in [2.75, 3.05) is 52.4 Å². The summed E-state index contributed by atoms with van der Waals surface area (Å²) in [5.74, 6) is -0.778. The van der Waals surface area contributed by atoms with E-state index >= 15 is 4.39 Å². The molecule has 3 aliphatic rings. The van der Waals surface area contributed by atoms with Crippen molar-refractivity contribution in [3.05, 3.63) is 128 Å². The summed E-state index contributed by atoms with van der Waals surface area (Å²) in [6, 6.07) is 18.7. The first kappa shape index (κ1) is 43.6. The summed E-state index contributed by atoms with van der Waals surface area (Å²) in [6.45, 7) is 5.35. The molecule has 16 nitrogen and oxygen atoms in total. The quantitative estimate of drug-likeness (QED) is 0.158. The topological polar surface area (TPSA) is 198 Å². The molecule has 65 heavy (non-hydrogen) atoms. The highest BCUT2D eigenvalue weighted by molar-refractivity contribution is 6.31. The Morgan fingerprint density at radius 3 is 2.49 bits per heavy atom. The van der Waals surface area contributed by atoms with Crippen molar-refractivity contribution in [1.82, 2.24) is 34.6 Å². The maximum Gasteiger partial charge on any atom is 0.343 e. The van der Waals surface area contributed by atoms with Gasteiger partial charge in [0.05, 0.1) is 66.2 Å². The van der Waals surface area contributed by atoms with Crippen LogP contribution in [0.2, 0.25) is 5.02 Å². The number of nitrogens with zero attached hydrogens (tertiary/aromatic N) is 8. The molecule has 1 saturated heterocycles. The van der Waals surface area contributed by atoms with E-state index in [4.69, 9.17) is 30.8 Å². The number of fused-ring (bicyclic) bond motifs is 6. The molecule has 0 saturated carbocycles. The molecule has 0 aliphatic carbocycles. The van der Waals surface area contributed by atoms with Crippen LogP contribution in [0, 0.1) is 5.82 Å². The lowest BCUT2D eigenvalue weighted by Crippen LogP contribution is -2.44. The van der Waals surface area contributed by atoms with Crippen molar-refractivity contribution < 1.29 is 38.7 Å². The predicted molar refractivity (Wildman–Crippen MR) is 239 cm³/mol. The molecular formula is C47H44ClFN8O8. The lowest BCUT2D eigenvalue weighted by molar-refractivity contribution is -0.172. The number of phenolic OH excluding ortho intramolecular Hbond substituents is 1. The lowest BCUT2D eigenvalue weighted by Gasteiger charge is -2.31. The number of aliphatic hydroxyl groups excluding tert-OH is 1. The molecule has 10 rings (SSSR count). The van der Waals surface area contributed by atoms with Gasteiger partial charge in [0, 0.05) is 75.0 Å². The van der Waals surface area contributed by atoms with Gasteiger partial charge in [-0.1, -0.05) is 18.5 Å². The zero-order chi connectivity index (χ0) is 45.7. The SMILES string of the molecule is CC[C@@]1(O)C(=O)OCc2c1cc1n(c2=O)Cc2cc3c(CN(C)C)c(O)ccc3nc2-1.COc1ccc([C@@H](O)c2cc(-c3ncnc4cc(N5CCOCC5)ccc34)c(F)cc2Cl)nn1. The zero-order valence-corrected chi connectivity index (χ0v) is 36.6. The van der Waals surface area contributed by atoms with Gasteiger partial charge in [-0.05, 0) is 81.2 Å². The smallest absolute Gasteiger partial charge is 0.343 e. The van der Waals surface area contributed by atoms with E-state index in [1.807, 2.05) is 43.3 Å². The molecule has 1 fully saturated rings. The minimum Gasteiger partial charge on any atom is -0.508 e. The summed E-state index contributed by atoms with van der Waals surface area (Å²) < 4.78 is 32.2. The highest BCUT2D eigenvalue weighted by Gasteiger charge is 2.45. The summed E-state index contributed by atoms with van der Waals surface area (Å²) in [7, 11) is 5.33. The second kappa shape index (κ2) is 17.4. The third kappa shape index (κ3) is 7.88. The first-order valence-corrected chi connectivity index (χ1v) is 21.3. The van der Waals surface area contributed by atoms with Gasteiger partial charge >= 0.3 is 5.97 Å². The third-order valence-corrected chi connectivity index (χ3v) is 12.4. The standard InChI is InChI=1S/C24H21ClFN5O3.C23H23N3O5/c1-33-22-5-4-20(29-30-22)24(32)16-11-17(19(26)12-18(16)25)23-15-3-2-14(10-21(15)27-13-28-23)31-6-8-34-9-7-31;1-4-23(30)16-8-18-20-12(9-26(18)21(28)15(16)11-31-22(23)29)7-13-14(10-25(2)3)19(27)6-5-17(13)24-20/h2-5,10-13,24,32H,6-9H2,1H3;5-8,27,30H,4,9-11H2,1-3H3/t24-;23-/m00/s1. The number of phenols is 1. The zero-order valence-electron chi connectivity index (χ0n) is 35.9. The number of ether oxygens (including phenoxy) is 3. The number of morpholine rings is 1. The van der Waals surface area contributed by atoms with Crippen LogP contribution in [0.4, 0.5) is 10.1 Å². The molecule has 0 bridgehead atoms. The molecule has 0 spiro atoms. The number of esters is 1. The maximum absolute atomic E-state index is 15.1. The number of benzene rings is 3. The monoisotopic (exact) mass is 902 g/mol. The van der Waals surface area contributed by atoms with Crippen LogP contribution in [0.1, 0.15) is 53.0 Å². The van der Waals surface area contributed by atoms with Gasteiger partial charge in [-0.3, -0.25) is 4.79 Å². The summed E-state index contributed by atoms with van der Waals surface area (Å²) in [4.78, 5) is 43.2. The van der Waals surface area contributed by atoms with Crippen LogP contribution in [0.15, 0.2) is 77.9 Å². The number of rotatable bonds is 8. The number of aromatic nitrogens is 6. The second-order valence-corrected chi connectivity index (χ2v) is 16.7. The molecule has 3 N–H and O–H groups in total. The Morgan fingerprint density at radius 1 is 0.969 bits per heavy atom. The highest BCUT2D eigenvalue weighted by atomic mass is 35.5. The fraction of sp³-hybridized carbons (Fsp3) is 0.298. The number of anilines is 1. The molecule has 18 heteroatoms. The van der Waals surface area contributed by atoms with Crippen molar-refractivity contribution >= 4 is 45.1 Å². The summed E-state index contributed by atoms with van der Waals surface area (Å²) in [6.07, 6.45) is 0.290. The van der Waals surface area contributed by atoms with Crippen LogP contribution < -0.4 is 15.2 Å². The van der Waals surface area contributed by atoms with Gasteiger partial charge in [0.2, 0.25) is 5.88 Å². The fourth-order valence-electron chi connectivity index (χ4n) is 8.56. The highest BCUT2D eigenvalue weighted by Crippen LogP contribution is 2.40. The number of methoxy groups -OCH3 is 1. The summed E-state index contributed by atoms with van der Waals surface area (Å²) >= 11 is 6.30. The van der Waals surface area contributed by atoms with Gasteiger partial charge in [0.25, 0.3) is 5.56 Å². The minimum atomic E-state index is -1.84.